The zero-order chi connectivity index (χ0) is 21.3. The van der Waals surface area contributed by atoms with E-state index in [1.807, 2.05) is 37.3 Å². The van der Waals surface area contributed by atoms with E-state index in [-0.39, 0.29) is 12.6 Å². The van der Waals surface area contributed by atoms with Gasteiger partial charge >= 0.3 is 5.97 Å². The van der Waals surface area contributed by atoms with Crippen LogP contribution in [0, 0.1) is 6.92 Å². The molecule has 0 amide bonds. The number of nitrogens with zero attached hydrogens (tertiary/aromatic N) is 1. The second-order valence-corrected chi connectivity index (χ2v) is 6.69. The van der Waals surface area contributed by atoms with Crippen molar-refractivity contribution in [3.63, 3.8) is 0 Å². The molecule has 6 heteroatoms. The normalized spacial score (nSPS) is 10.3. The summed E-state index contributed by atoms with van der Waals surface area (Å²) in [6, 6.07) is 16.7. The van der Waals surface area contributed by atoms with Crippen molar-refractivity contribution in [1.82, 2.24) is 4.98 Å². The van der Waals surface area contributed by atoms with Crippen molar-refractivity contribution in [2.45, 2.75) is 20.5 Å². The third-order valence-corrected chi connectivity index (χ3v) is 4.38. The van der Waals surface area contributed by atoms with Crippen molar-refractivity contribution in [2.24, 2.45) is 0 Å². The summed E-state index contributed by atoms with van der Waals surface area (Å²) in [5.74, 6) is 1.09. The summed E-state index contributed by atoms with van der Waals surface area (Å²) in [5.41, 5.74) is 4.47. The van der Waals surface area contributed by atoms with Crippen molar-refractivity contribution in [3.8, 4) is 22.8 Å². The molecule has 3 aromatic rings. The quantitative estimate of drug-likeness (QED) is 0.299. The molecule has 154 valence electrons. The number of hydrogen-bond acceptors (Lipinski definition) is 6. The number of carbonyl (C=O) groups excluding carboxylic acids is 2. The van der Waals surface area contributed by atoms with Crippen molar-refractivity contribution in [2.75, 3.05) is 13.2 Å². The van der Waals surface area contributed by atoms with Crippen LogP contribution in [0.5, 0.6) is 11.5 Å². The summed E-state index contributed by atoms with van der Waals surface area (Å²) in [6.07, 6.45) is 2.56. The predicted octanol–water partition coefficient (Wildman–Crippen LogP) is 4.39. The molecular formula is C24H23NO5. The summed E-state index contributed by atoms with van der Waals surface area (Å²) in [5, 5.41) is 0. The van der Waals surface area contributed by atoms with Gasteiger partial charge in [0.2, 0.25) is 0 Å². The molecule has 0 aliphatic carbocycles. The van der Waals surface area contributed by atoms with Crippen LogP contribution < -0.4 is 9.47 Å². The minimum absolute atomic E-state index is 0.220. The van der Waals surface area contributed by atoms with Crippen molar-refractivity contribution >= 4 is 12.3 Å². The number of carbonyl (C=O) groups is 2. The third kappa shape index (κ3) is 5.91. The first-order valence-corrected chi connectivity index (χ1v) is 9.55. The Kier molecular flexibility index (Phi) is 7.16. The fourth-order valence-electron chi connectivity index (χ4n) is 2.88. The first kappa shape index (κ1) is 21.0. The van der Waals surface area contributed by atoms with Gasteiger partial charge in [-0.25, -0.2) is 0 Å². The van der Waals surface area contributed by atoms with E-state index in [4.69, 9.17) is 14.2 Å². The Morgan fingerprint density at radius 3 is 2.43 bits per heavy atom. The van der Waals surface area contributed by atoms with Crippen LogP contribution in [0.2, 0.25) is 0 Å². The van der Waals surface area contributed by atoms with Gasteiger partial charge in [-0.15, -0.1) is 0 Å². The minimum Gasteiger partial charge on any atom is -0.490 e. The highest BCUT2D eigenvalue weighted by atomic mass is 16.6. The maximum atomic E-state index is 10.8. The summed E-state index contributed by atoms with van der Waals surface area (Å²) in [4.78, 5) is 26.0. The van der Waals surface area contributed by atoms with E-state index in [1.165, 1.54) is 6.92 Å². The molecule has 2 aromatic carbocycles. The van der Waals surface area contributed by atoms with Crippen molar-refractivity contribution in [1.29, 1.82) is 0 Å². The predicted molar refractivity (Wildman–Crippen MR) is 113 cm³/mol. The van der Waals surface area contributed by atoms with Crippen LogP contribution in [-0.4, -0.2) is 30.5 Å². The standard InChI is InChI=1S/C24H23NO5/c1-17-13-22(29-12-11-28-18(2)27)7-8-23(17)24-14-20(9-10-25-24)16-30-21-5-3-19(15-26)4-6-21/h3-10,13-15H,11-12,16H2,1-2H3. The van der Waals surface area contributed by atoms with Gasteiger partial charge in [0.25, 0.3) is 0 Å². The lowest BCUT2D eigenvalue weighted by Gasteiger charge is -2.11. The highest BCUT2D eigenvalue weighted by molar-refractivity contribution is 5.74. The molecule has 0 bridgehead atoms. The van der Waals surface area contributed by atoms with Crippen LogP contribution in [0.4, 0.5) is 0 Å². The van der Waals surface area contributed by atoms with Crippen molar-refractivity contribution in [3.05, 3.63) is 77.5 Å². The van der Waals surface area contributed by atoms with Crippen LogP contribution >= 0.6 is 0 Å². The topological polar surface area (TPSA) is 74.7 Å². The largest absolute Gasteiger partial charge is 0.490 e. The van der Waals surface area contributed by atoms with Gasteiger partial charge in [-0.05, 0) is 72.6 Å². The molecule has 1 heterocycles. The maximum absolute atomic E-state index is 10.8. The molecular weight excluding hydrogens is 382 g/mol. The lowest BCUT2D eigenvalue weighted by molar-refractivity contribution is -0.141. The van der Waals surface area contributed by atoms with Gasteiger partial charge in [0.15, 0.2) is 0 Å². The first-order valence-electron chi connectivity index (χ1n) is 9.55. The number of ether oxygens (including phenoxy) is 3. The van der Waals surface area contributed by atoms with Gasteiger partial charge < -0.3 is 14.2 Å². The molecule has 0 aliphatic heterocycles. The zero-order valence-electron chi connectivity index (χ0n) is 17.0. The summed E-state index contributed by atoms with van der Waals surface area (Å²) < 4.78 is 16.3. The lowest BCUT2D eigenvalue weighted by Crippen LogP contribution is -2.09. The van der Waals surface area contributed by atoms with Crippen LogP contribution in [-0.2, 0) is 16.1 Å². The average molecular weight is 405 g/mol. The Morgan fingerprint density at radius 2 is 1.73 bits per heavy atom. The van der Waals surface area contributed by atoms with Gasteiger partial charge in [0.05, 0.1) is 5.69 Å². The van der Waals surface area contributed by atoms with E-state index < -0.39 is 0 Å². The molecule has 30 heavy (non-hydrogen) atoms. The van der Waals surface area contributed by atoms with E-state index in [1.54, 1.807) is 30.5 Å². The summed E-state index contributed by atoms with van der Waals surface area (Å²) >= 11 is 0. The van der Waals surface area contributed by atoms with Gasteiger partial charge in [-0.1, -0.05) is 0 Å². The number of benzene rings is 2. The van der Waals surface area contributed by atoms with E-state index in [0.717, 1.165) is 28.7 Å². The smallest absolute Gasteiger partial charge is 0.302 e. The highest BCUT2D eigenvalue weighted by Gasteiger charge is 2.07. The molecule has 1 aromatic heterocycles. The molecule has 6 nitrogen and oxygen atoms in total. The molecule has 0 saturated heterocycles. The SMILES string of the molecule is CC(=O)OCCOc1ccc(-c2cc(COc3ccc(C=O)cc3)ccn2)c(C)c1. The lowest BCUT2D eigenvalue weighted by atomic mass is 10.0. The Morgan fingerprint density at radius 1 is 0.967 bits per heavy atom. The van der Waals surface area contributed by atoms with Crippen LogP contribution in [0.25, 0.3) is 11.3 Å². The molecule has 3 rings (SSSR count). The fourth-order valence-corrected chi connectivity index (χ4v) is 2.88. The van der Waals surface area contributed by atoms with Crippen LogP contribution in [0.15, 0.2) is 60.8 Å². The number of rotatable bonds is 9. The molecule has 0 fully saturated rings. The zero-order valence-corrected chi connectivity index (χ0v) is 17.0. The Labute approximate surface area is 175 Å². The fraction of sp³-hybridized carbons (Fsp3) is 0.208. The third-order valence-electron chi connectivity index (χ3n) is 4.38. The Balaban J connectivity index is 1.64. The monoisotopic (exact) mass is 405 g/mol. The number of aldehydes is 1. The number of aromatic nitrogens is 1. The van der Waals surface area contributed by atoms with Gasteiger partial charge in [-0.3, -0.25) is 14.6 Å². The van der Waals surface area contributed by atoms with E-state index in [2.05, 4.69) is 4.98 Å². The van der Waals surface area contributed by atoms with E-state index in [0.29, 0.717) is 30.3 Å². The first-order chi connectivity index (χ1) is 14.5. The van der Waals surface area contributed by atoms with Crippen LogP contribution in [0.3, 0.4) is 0 Å². The molecule has 0 radical (unpaired) electrons. The molecule has 0 unspecified atom stereocenters. The number of aryl methyl sites for hydroxylation is 1. The van der Waals surface area contributed by atoms with Gasteiger partial charge in [-0.2, -0.15) is 0 Å². The summed E-state index contributed by atoms with van der Waals surface area (Å²) in [7, 11) is 0. The number of hydrogen-bond donors (Lipinski definition) is 0. The van der Waals surface area contributed by atoms with E-state index >= 15 is 0 Å². The molecule has 0 N–H and O–H groups in total. The number of pyridine rings is 1. The Hall–Kier alpha value is -3.67. The Bertz CT molecular complexity index is 1010. The second-order valence-electron chi connectivity index (χ2n) is 6.69. The molecule has 0 spiro atoms. The highest BCUT2D eigenvalue weighted by Crippen LogP contribution is 2.26. The molecule has 0 aliphatic rings. The molecule has 0 atom stereocenters. The number of esters is 1. The molecule has 0 saturated carbocycles. The van der Waals surface area contributed by atoms with Crippen LogP contribution in [0.1, 0.15) is 28.4 Å². The average Bonchev–Trinajstić information content (AvgIpc) is 2.76. The van der Waals surface area contributed by atoms with E-state index in [9.17, 15) is 9.59 Å². The van der Waals surface area contributed by atoms with Gasteiger partial charge in [0, 0.05) is 24.2 Å². The maximum Gasteiger partial charge on any atom is 0.302 e. The van der Waals surface area contributed by atoms with Gasteiger partial charge in [0.1, 0.15) is 37.6 Å². The summed E-state index contributed by atoms with van der Waals surface area (Å²) in [6.45, 7) is 4.28. The minimum atomic E-state index is -0.321. The van der Waals surface area contributed by atoms with Crippen molar-refractivity contribution < 1.29 is 23.8 Å². The second kappa shape index (κ2) is 10.2.